The standard InChI is InChI=1S/C35H36N4O2/c40-34(38(28-32-20-10-3-11-21-32)36-26-30-16-6-1-7-17-30)24-14-5-15-25-35(41)39(29-33-22-12-4-13-23-33)37-27-31-18-8-2-9-19-31/h1-4,6-13,16-23,26-27H,5,14-15,24-25,28-29H2. The van der Waals surface area contributed by atoms with E-state index in [4.69, 9.17) is 0 Å². The van der Waals surface area contributed by atoms with Gasteiger partial charge in [-0.15, -0.1) is 0 Å². The molecule has 0 heterocycles. The fourth-order valence-corrected chi connectivity index (χ4v) is 4.24. The molecular weight excluding hydrogens is 508 g/mol. The summed E-state index contributed by atoms with van der Waals surface area (Å²) in [6, 6.07) is 39.2. The Labute approximate surface area is 242 Å². The summed E-state index contributed by atoms with van der Waals surface area (Å²) in [7, 11) is 0. The molecule has 208 valence electrons. The highest BCUT2D eigenvalue weighted by Gasteiger charge is 2.15. The van der Waals surface area contributed by atoms with Crippen molar-refractivity contribution in [3.05, 3.63) is 144 Å². The summed E-state index contributed by atoms with van der Waals surface area (Å²) in [5.74, 6) is -0.0731. The highest BCUT2D eigenvalue weighted by Crippen LogP contribution is 2.13. The maximum atomic E-state index is 13.1. The molecule has 0 aliphatic rings. The lowest BCUT2D eigenvalue weighted by molar-refractivity contribution is -0.132. The van der Waals surface area contributed by atoms with Gasteiger partial charge in [-0.2, -0.15) is 10.2 Å². The second-order valence-corrected chi connectivity index (χ2v) is 9.75. The second kappa shape index (κ2) is 16.3. The van der Waals surface area contributed by atoms with Gasteiger partial charge in [0.15, 0.2) is 0 Å². The van der Waals surface area contributed by atoms with E-state index < -0.39 is 0 Å². The number of carbonyl (C=O) groups is 2. The zero-order valence-corrected chi connectivity index (χ0v) is 23.3. The van der Waals surface area contributed by atoms with Gasteiger partial charge in [0.2, 0.25) is 11.8 Å². The molecule has 4 aromatic rings. The van der Waals surface area contributed by atoms with Gasteiger partial charge in [0, 0.05) is 12.8 Å². The lowest BCUT2D eigenvalue weighted by Gasteiger charge is -2.18. The van der Waals surface area contributed by atoms with E-state index >= 15 is 0 Å². The number of nitrogens with zero attached hydrogens (tertiary/aromatic N) is 4. The molecule has 0 aliphatic carbocycles. The first-order valence-electron chi connectivity index (χ1n) is 14.0. The van der Waals surface area contributed by atoms with Gasteiger partial charge >= 0.3 is 0 Å². The van der Waals surface area contributed by atoms with Crippen LogP contribution in [0.4, 0.5) is 0 Å². The third-order valence-corrected chi connectivity index (χ3v) is 6.50. The molecule has 0 bridgehead atoms. The normalized spacial score (nSPS) is 11.1. The van der Waals surface area contributed by atoms with Crippen molar-refractivity contribution in [2.24, 2.45) is 10.2 Å². The first-order chi connectivity index (χ1) is 20.2. The average molecular weight is 545 g/mol. The van der Waals surface area contributed by atoms with Crippen molar-refractivity contribution < 1.29 is 9.59 Å². The van der Waals surface area contributed by atoms with Crippen LogP contribution < -0.4 is 0 Å². The topological polar surface area (TPSA) is 65.3 Å². The van der Waals surface area contributed by atoms with Crippen molar-refractivity contribution in [1.29, 1.82) is 0 Å². The number of unbranched alkanes of at least 4 members (excludes halogenated alkanes) is 2. The largest absolute Gasteiger partial charge is 0.273 e. The zero-order valence-electron chi connectivity index (χ0n) is 23.3. The first kappa shape index (κ1) is 29.2. The number of amides is 2. The van der Waals surface area contributed by atoms with Crippen LogP contribution in [0, 0.1) is 0 Å². The summed E-state index contributed by atoms with van der Waals surface area (Å²) in [4.78, 5) is 26.2. The summed E-state index contributed by atoms with van der Waals surface area (Å²) in [6.07, 6.45) is 6.31. The number of carbonyl (C=O) groups excluding carboxylic acids is 2. The van der Waals surface area contributed by atoms with Crippen LogP contribution in [0.15, 0.2) is 132 Å². The molecule has 6 heteroatoms. The minimum Gasteiger partial charge on any atom is -0.273 e. The van der Waals surface area contributed by atoms with Crippen LogP contribution in [-0.2, 0) is 22.7 Å². The molecule has 4 rings (SSSR count). The predicted octanol–water partition coefficient (Wildman–Crippen LogP) is 7.06. The molecule has 0 radical (unpaired) electrons. The van der Waals surface area contributed by atoms with Crippen molar-refractivity contribution >= 4 is 24.2 Å². The summed E-state index contributed by atoms with van der Waals surface area (Å²) >= 11 is 0. The molecule has 0 saturated heterocycles. The van der Waals surface area contributed by atoms with Crippen LogP contribution in [-0.4, -0.2) is 34.3 Å². The van der Waals surface area contributed by atoms with Crippen LogP contribution >= 0.6 is 0 Å². The van der Waals surface area contributed by atoms with Gasteiger partial charge in [-0.25, -0.2) is 10.0 Å². The zero-order chi connectivity index (χ0) is 28.5. The molecule has 4 aromatic carbocycles. The molecule has 0 N–H and O–H groups in total. The molecule has 6 nitrogen and oxygen atoms in total. The lowest BCUT2D eigenvalue weighted by atomic mass is 10.1. The van der Waals surface area contributed by atoms with Crippen molar-refractivity contribution in [2.75, 3.05) is 0 Å². The highest BCUT2D eigenvalue weighted by atomic mass is 16.2. The summed E-state index contributed by atoms with van der Waals surface area (Å²) in [5.41, 5.74) is 3.91. The molecule has 0 aromatic heterocycles. The summed E-state index contributed by atoms with van der Waals surface area (Å²) in [5, 5.41) is 12.1. The average Bonchev–Trinajstić information content (AvgIpc) is 3.03. The number of benzene rings is 4. The second-order valence-electron chi connectivity index (χ2n) is 9.75. The Hall–Kier alpha value is -4.84. The lowest BCUT2D eigenvalue weighted by Crippen LogP contribution is -2.26. The monoisotopic (exact) mass is 544 g/mol. The number of hydrogen-bond donors (Lipinski definition) is 0. The summed E-state index contributed by atoms with van der Waals surface area (Å²) in [6.45, 7) is 0.824. The van der Waals surface area contributed by atoms with E-state index in [1.54, 1.807) is 12.4 Å². The Morgan fingerprint density at radius 3 is 1.20 bits per heavy atom. The quantitative estimate of drug-likeness (QED) is 0.0969. The summed E-state index contributed by atoms with van der Waals surface area (Å²) < 4.78 is 0. The maximum Gasteiger partial charge on any atom is 0.242 e. The minimum absolute atomic E-state index is 0.0366. The van der Waals surface area contributed by atoms with Crippen LogP contribution in [0.1, 0.15) is 54.4 Å². The fourth-order valence-electron chi connectivity index (χ4n) is 4.24. The van der Waals surface area contributed by atoms with E-state index in [-0.39, 0.29) is 11.8 Å². The van der Waals surface area contributed by atoms with Crippen molar-refractivity contribution in [1.82, 2.24) is 10.0 Å². The van der Waals surface area contributed by atoms with Gasteiger partial charge in [-0.3, -0.25) is 9.59 Å². The van der Waals surface area contributed by atoms with Crippen LogP contribution in [0.2, 0.25) is 0 Å². The Morgan fingerprint density at radius 2 is 0.829 bits per heavy atom. The molecule has 0 spiro atoms. The van der Waals surface area contributed by atoms with Gasteiger partial charge in [-0.05, 0) is 35.1 Å². The molecule has 0 unspecified atom stereocenters. The minimum atomic E-state index is -0.0366. The van der Waals surface area contributed by atoms with Gasteiger partial charge in [0.1, 0.15) is 0 Å². The van der Waals surface area contributed by atoms with E-state index in [2.05, 4.69) is 10.2 Å². The number of hydrazone groups is 2. The van der Waals surface area contributed by atoms with Crippen LogP contribution in [0.25, 0.3) is 0 Å². The maximum absolute atomic E-state index is 13.1. The highest BCUT2D eigenvalue weighted by molar-refractivity contribution is 5.83. The Bertz CT molecular complexity index is 1280. The Morgan fingerprint density at radius 1 is 0.488 bits per heavy atom. The third-order valence-electron chi connectivity index (χ3n) is 6.50. The molecule has 0 aliphatic heterocycles. The van der Waals surface area contributed by atoms with E-state index in [9.17, 15) is 9.59 Å². The molecule has 41 heavy (non-hydrogen) atoms. The van der Waals surface area contributed by atoms with E-state index in [1.165, 1.54) is 10.0 Å². The molecule has 0 saturated carbocycles. The Kier molecular flexibility index (Phi) is 11.6. The fraction of sp³-hybridized carbons (Fsp3) is 0.200. The van der Waals surface area contributed by atoms with E-state index in [0.29, 0.717) is 38.8 Å². The van der Waals surface area contributed by atoms with E-state index in [0.717, 1.165) is 28.7 Å². The molecule has 0 atom stereocenters. The van der Waals surface area contributed by atoms with Gasteiger partial charge in [-0.1, -0.05) is 128 Å². The van der Waals surface area contributed by atoms with Crippen molar-refractivity contribution in [3.8, 4) is 0 Å². The van der Waals surface area contributed by atoms with Gasteiger partial charge in [0.05, 0.1) is 25.5 Å². The smallest absolute Gasteiger partial charge is 0.242 e. The Balaban J connectivity index is 1.29. The van der Waals surface area contributed by atoms with Crippen LogP contribution in [0.5, 0.6) is 0 Å². The molecule has 2 amide bonds. The van der Waals surface area contributed by atoms with Gasteiger partial charge in [0.25, 0.3) is 0 Å². The van der Waals surface area contributed by atoms with Crippen LogP contribution in [0.3, 0.4) is 0 Å². The molecular formula is C35H36N4O2. The van der Waals surface area contributed by atoms with Crippen molar-refractivity contribution in [2.45, 2.75) is 45.2 Å². The number of rotatable bonds is 14. The predicted molar refractivity (Wildman–Crippen MR) is 165 cm³/mol. The first-order valence-corrected chi connectivity index (χ1v) is 14.0. The third kappa shape index (κ3) is 10.3. The van der Waals surface area contributed by atoms with E-state index in [1.807, 2.05) is 121 Å². The number of hydrogen-bond acceptors (Lipinski definition) is 4. The molecule has 0 fully saturated rings. The van der Waals surface area contributed by atoms with Crippen molar-refractivity contribution in [3.63, 3.8) is 0 Å². The SMILES string of the molecule is O=C(CCCCCC(=O)N(Cc1ccccc1)N=Cc1ccccc1)N(Cc1ccccc1)N=Cc1ccccc1. The van der Waals surface area contributed by atoms with Gasteiger partial charge < -0.3 is 0 Å².